The number of aromatic amines is 1. The summed E-state index contributed by atoms with van der Waals surface area (Å²) in [5.41, 5.74) is 8.29. The summed E-state index contributed by atoms with van der Waals surface area (Å²) in [6.45, 7) is 11.8. The first-order chi connectivity index (χ1) is 17.6. The van der Waals surface area contributed by atoms with Gasteiger partial charge in [0, 0.05) is 61.0 Å². The summed E-state index contributed by atoms with van der Waals surface area (Å²) in [5.74, 6) is -0.245. The highest BCUT2D eigenvalue weighted by atomic mass is 16.4. The Morgan fingerprint density at radius 2 is 1.81 bits per heavy atom. The van der Waals surface area contributed by atoms with Crippen LogP contribution < -0.4 is 15.4 Å². The van der Waals surface area contributed by atoms with Gasteiger partial charge in [0.25, 0.3) is 5.56 Å². The van der Waals surface area contributed by atoms with Gasteiger partial charge in [0.2, 0.25) is 5.95 Å². The zero-order valence-electron chi connectivity index (χ0n) is 22.1. The van der Waals surface area contributed by atoms with Gasteiger partial charge in [-0.25, -0.2) is 4.98 Å². The third-order valence-electron chi connectivity index (χ3n) is 7.88. The van der Waals surface area contributed by atoms with E-state index < -0.39 is 5.97 Å². The largest absolute Gasteiger partial charge is 0.481 e. The molecule has 8 heteroatoms. The molecule has 0 bridgehead atoms. The highest BCUT2D eigenvalue weighted by Crippen LogP contribution is 2.42. The molecular formula is C29H35N5O3. The predicted molar refractivity (Wildman–Crippen MR) is 145 cm³/mol. The average molecular weight is 502 g/mol. The van der Waals surface area contributed by atoms with Gasteiger partial charge in [-0.2, -0.15) is 0 Å². The van der Waals surface area contributed by atoms with E-state index in [4.69, 9.17) is 4.98 Å². The van der Waals surface area contributed by atoms with Crippen LogP contribution in [-0.4, -0.2) is 45.7 Å². The molecule has 4 heterocycles. The summed E-state index contributed by atoms with van der Waals surface area (Å²) in [6.07, 6.45) is 4.46. The second-order valence-corrected chi connectivity index (χ2v) is 11.1. The average Bonchev–Trinajstić information content (AvgIpc) is 2.85. The van der Waals surface area contributed by atoms with Crippen LogP contribution in [0.15, 0.2) is 35.3 Å². The normalized spacial score (nSPS) is 17.0. The fourth-order valence-electron chi connectivity index (χ4n) is 5.67. The van der Waals surface area contributed by atoms with Crippen LogP contribution in [0.3, 0.4) is 0 Å². The number of fused-ring (bicyclic) bond motifs is 1. The first-order valence-electron chi connectivity index (χ1n) is 13.0. The standard InChI is InChI=1S/C29H35N5O3/c1-18-23(16-25(36)37)27(33-13-9-29(3,4)10-14-33)26(19(2)31-18)21-5-6-22-17-34(12-8-20(22)15-21)28-30-11-7-24(35)32-28/h5-7,11,15H,8-10,12-14,16-17H2,1-4H3,(H,36,37)(H,30,32,35). The summed E-state index contributed by atoms with van der Waals surface area (Å²) in [4.78, 5) is 40.1. The number of benzene rings is 1. The van der Waals surface area contributed by atoms with Gasteiger partial charge in [-0.15, -0.1) is 0 Å². The number of piperidine rings is 1. The van der Waals surface area contributed by atoms with Crippen molar-refractivity contribution in [1.82, 2.24) is 15.0 Å². The molecule has 2 N–H and O–H groups in total. The van der Waals surface area contributed by atoms with Crippen molar-refractivity contribution in [2.75, 3.05) is 29.4 Å². The molecule has 0 aliphatic carbocycles. The fraction of sp³-hybridized carbons (Fsp3) is 0.448. The summed E-state index contributed by atoms with van der Waals surface area (Å²) in [6, 6.07) is 7.95. The molecule has 0 spiro atoms. The molecule has 1 aromatic carbocycles. The van der Waals surface area contributed by atoms with Crippen molar-refractivity contribution in [3.8, 4) is 11.1 Å². The zero-order valence-corrected chi connectivity index (χ0v) is 22.1. The molecule has 37 heavy (non-hydrogen) atoms. The number of H-pyrrole nitrogens is 1. The molecule has 3 aromatic rings. The third-order valence-corrected chi connectivity index (χ3v) is 7.88. The van der Waals surface area contributed by atoms with Crippen molar-refractivity contribution in [1.29, 1.82) is 0 Å². The Labute approximate surface area is 217 Å². The highest BCUT2D eigenvalue weighted by Gasteiger charge is 2.30. The number of carbonyl (C=O) groups is 1. The van der Waals surface area contributed by atoms with Crippen LogP contribution in [0.2, 0.25) is 0 Å². The third kappa shape index (κ3) is 5.10. The van der Waals surface area contributed by atoms with Crippen LogP contribution in [0.25, 0.3) is 11.1 Å². The minimum absolute atomic E-state index is 0.0382. The Morgan fingerprint density at radius 3 is 2.51 bits per heavy atom. The van der Waals surface area contributed by atoms with Crippen molar-refractivity contribution in [2.45, 2.75) is 59.9 Å². The molecule has 0 radical (unpaired) electrons. The number of aromatic nitrogens is 3. The van der Waals surface area contributed by atoms with Crippen LogP contribution >= 0.6 is 0 Å². The lowest BCUT2D eigenvalue weighted by Gasteiger charge is -2.40. The van der Waals surface area contributed by atoms with Crippen molar-refractivity contribution < 1.29 is 9.90 Å². The number of anilines is 2. The molecule has 194 valence electrons. The molecule has 0 amide bonds. The Kier molecular flexibility index (Phi) is 6.52. The smallest absolute Gasteiger partial charge is 0.307 e. The zero-order chi connectivity index (χ0) is 26.3. The first kappa shape index (κ1) is 25.0. The summed E-state index contributed by atoms with van der Waals surface area (Å²) >= 11 is 0. The number of hydrogen-bond acceptors (Lipinski definition) is 6. The molecule has 2 aromatic heterocycles. The monoisotopic (exact) mass is 501 g/mol. The van der Waals surface area contributed by atoms with Crippen molar-refractivity contribution in [2.24, 2.45) is 5.41 Å². The number of nitrogens with zero attached hydrogens (tertiary/aromatic N) is 4. The molecule has 0 unspecified atom stereocenters. The van der Waals surface area contributed by atoms with Gasteiger partial charge in [0.05, 0.1) is 12.1 Å². The van der Waals surface area contributed by atoms with E-state index in [1.807, 2.05) is 13.8 Å². The molecule has 1 fully saturated rings. The Balaban J connectivity index is 1.55. The van der Waals surface area contributed by atoms with Crippen LogP contribution in [0.4, 0.5) is 11.6 Å². The van der Waals surface area contributed by atoms with E-state index in [1.54, 1.807) is 0 Å². The molecule has 2 aliphatic heterocycles. The lowest BCUT2D eigenvalue weighted by molar-refractivity contribution is -0.136. The van der Waals surface area contributed by atoms with E-state index >= 15 is 0 Å². The quantitative estimate of drug-likeness (QED) is 0.538. The van der Waals surface area contributed by atoms with E-state index in [0.29, 0.717) is 12.5 Å². The molecule has 2 aliphatic rings. The number of carboxylic acids is 1. The molecule has 8 nitrogen and oxygen atoms in total. The van der Waals surface area contributed by atoms with Gasteiger partial charge in [-0.3, -0.25) is 19.6 Å². The summed E-state index contributed by atoms with van der Waals surface area (Å²) < 4.78 is 0. The SMILES string of the molecule is Cc1nc(C)c(-c2ccc3c(c2)CCN(c2nccc(=O)[nH]2)C3)c(N2CCC(C)(C)CC2)c1CC(=O)O. The molecule has 5 rings (SSSR count). The van der Waals surface area contributed by atoms with Gasteiger partial charge in [0.1, 0.15) is 0 Å². The Hall–Kier alpha value is -3.68. The second-order valence-electron chi connectivity index (χ2n) is 11.1. The topological polar surface area (TPSA) is 102 Å². The lowest BCUT2D eigenvalue weighted by Crippen LogP contribution is -2.38. The molecule has 0 saturated carbocycles. The minimum Gasteiger partial charge on any atom is -0.481 e. The van der Waals surface area contributed by atoms with Crippen LogP contribution in [0.5, 0.6) is 0 Å². The maximum Gasteiger partial charge on any atom is 0.307 e. The highest BCUT2D eigenvalue weighted by molar-refractivity contribution is 5.86. The number of aryl methyl sites for hydroxylation is 2. The van der Waals surface area contributed by atoms with Crippen molar-refractivity contribution >= 4 is 17.6 Å². The van der Waals surface area contributed by atoms with Crippen molar-refractivity contribution in [3.63, 3.8) is 0 Å². The number of carboxylic acid groups (broad SMARTS) is 1. The number of pyridine rings is 1. The van der Waals surface area contributed by atoms with E-state index in [9.17, 15) is 14.7 Å². The maximum absolute atomic E-state index is 11.9. The van der Waals surface area contributed by atoms with Gasteiger partial charge < -0.3 is 14.9 Å². The Bertz CT molecular complexity index is 1400. The van der Waals surface area contributed by atoms with E-state index in [-0.39, 0.29) is 17.4 Å². The van der Waals surface area contributed by atoms with Crippen molar-refractivity contribution in [3.05, 3.63) is 68.9 Å². The molecular weight excluding hydrogens is 466 g/mol. The molecule has 1 saturated heterocycles. The van der Waals surface area contributed by atoms with Gasteiger partial charge in [-0.05, 0) is 55.2 Å². The van der Waals surface area contributed by atoms with Gasteiger partial charge >= 0.3 is 5.97 Å². The number of aliphatic carboxylic acids is 1. The number of hydrogen-bond donors (Lipinski definition) is 2. The fourth-order valence-corrected chi connectivity index (χ4v) is 5.67. The first-order valence-corrected chi connectivity index (χ1v) is 13.0. The molecule has 0 atom stereocenters. The van der Waals surface area contributed by atoms with E-state index in [0.717, 1.165) is 72.7 Å². The van der Waals surface area contributed by atoms with Gasteiger partial charge in [-0.1, -0.05) is 32.0 Å². The second kappa shape index (κ2) is 9.65. The van der Waals surface area contributed by atoms with E-state index in [1.165, 1.54) is 23.4 Å². The minimum atomic E-state index is -0.837. The summed E-state index contributed by atoms with van der Waals surface area (Å²) in [7, 11) is 0. The number of nitrogens with one attached hydrogen (secondary N) is 1. The lowest BCUT2D eigenvalue weighted by atomic mass is 9.82. The van der Waals surface area contributed by atoms with Crippen LogP contribution in [0, 0.1) is 19.3 Å². The number of rotatable bonds is 5. The van der Waals surface area contributed by atoms with Crippen LogP contribution in [0.1, 0.15) is 54.8 Å². The van der Waals surface area contributed by atoms with Crippen LogP contribution in [-0.2, 0) is 24.2 Å². The Morgan fingerprint density at radius 1 is 1.05 bits per heavy atom. The maximum atomic E-state index is 11.9. The predicted octanol–water partition coefficient (Wildman–Crippen LogP) is 4.26. The summed E-state index contributed by atoms with van der Waals surface area (Å²) in [5, 5.41) is 9.74. The van der Waals surface area contributed by atoms with E-state index in [2.05, 4.69) is 51.8 Å². The van der Waals surface area contributed by atoms with Gasteiger partial charge in [0.15, 0.2) is 0 Å².